The Bertz CT molecular complexity index is 612. The SMILES string of the molecule is CC1C=CCC(C)(C)C1C(=O)C[C@H](C)[C@@H](C)C(=O)c1ccccc1. The van der Waals surface area contributed by atoms with Crippen molar-refractivity contribution >= 4 is 11.6 Å². The van der Waals surface area contributed by atoms with Crippen LogP contribution < -0.4 is 0 Å². The molecule has 0 aromatic heterocycles. The first-order valence-electron chi connectivity index (χ1n) is 9.02. The van der Waals surface area contributed by atoms with Crippen LogP contribution in [0.25, 0.3) is 0 Å². The third-order valence-electron chi connectivity index (χ3n) is 5.65. The van der Waals surface area contributed by atoms with E-state index in [1.54, 1.807) is 0 Å². The molecule has 4 atom stereocenters. The van der Waals surface area contributed by atoms with Gasteiger partial charge < -0.3 is 0 Å². The fourth-order valence-corrected chi connectivity index (χ4v) is 4.01. The molecule has 0 amide bonds. The number of rotatable bonds is 6. The minimum absolute atomic E-state index is 0.00233. The average Bonchev–Trinajstić information content (AvgIpc) is 2.53. The van der Waals surface area contributed by atoms with Gasteiger partial charge in [0.15, 0.2) is 5.78 Å². The number of hydrogen-bond donors (Lipinski definition) is 0. The zero-order valence-electron chi connectivity index (χ0n) is 15.6. The summed E-state index contributed by atoms with van der Waals surface area (Å²) in [5, 5.41) is 0. The number of allylic oxidation sites excluding steroid dienone is 2. The molecule has 0 saturated carbocycles. The largest absolute Gasteiger partial charge is 0.299 e. The minimum Gasteiger partial charge on any atom is -0.299 e. The van der Waals surface area contributed by atoms with E-state index < -0.39 is 0 Å². The van der Waals surface area contributed by atoms with E-state index >= 15 is 0 Å². The number of benzene rings is 1. The zero-order valence-corrected chi connectivity index (χ0v) is 15.6. The Labute approximate surface area is 146 Å². The number of carbonyl (C=O) groups is 2. The molecule has 24 heavy (non-hydrogen) atoms. The van der Waals surface area contributed by atoms with E-state index in [4.69, 9.17) is 0 Å². The van der Waals surface area contributed by atoms with Gasteiger partial charge in [0.2, 0.25) is 0 Å². The first-order chi connectivity index (χ1) is 11.2. The maximum Gasteiger partial charge on any atom is 0.165 e. The summed E-state index contributed by atoms with van der Waals surface area (Å²) < 4.78 is 0. The highest BCUT2D eigenvalue weighted by molar-refractivity contribution is 5.98. The Morgan fingerprint density at radius 3 is 2.38 bits per heavy atom. The fraction of sp³-hybridized carbons (Fsp3) is 0.545. The summed E-state index contributed by atoms with van der Waals surface area (Å²) in [6.07, 6.45) is 5.78. The van der Waals surface area contributed by atoms with E-state index in [9.17, 15) is 9.59 Å². The Morgan fingerprint density at radius 2 is 1.79 bits per heavy atom. The standard InChI is InChI=1S/C22H30O2/c1-15-10-9-13-22(4,5)20(15)19(23)14-16(2)17(3)21(24)18-11-7-6-8-12-18/h6-12,15-17,20H,13-14H2,1-5H3/t15?,16-,17+,20?/m0/s1. The van der Waals surface area contributed by atoms with Gasteiger partial charge in [0.1, 0.15) is 5.78 Å². The molecule has 130 valence electrons. The van der Waals surface area contributed by atoms with Crippen LogP contribution in [0.5, 0.6) is 0 Å². The first-order valence-corrected chi connectivity index (χ1v) is 9.02. The van der Waals surface area contributed by atoms with Crippen molar-refractivity contribution in [2.75, 3.05) is 0 Å². The predicted molar refractivity (Wildman–Crippen MR) is 98.9 cm³/mol. The van der Waals surface area contributed by atoms with E-state index in [1.807, 2.05) is 44.2 Å². The van der Waals surface area contributed by atoms with Crippen LogP contribution in [-0.2, 0) is 4.79 Å². The summed E-state index contributed by atoms with van der Waals surface area (Å²) in [5.74, 6) is 0.661. The van der Waals surface area contributed by atoms with E-state index in [2.05, 4.69) is 32.9 Å². The number of ketones is 2. The lowest BCUT2D eigenvalue weighted by atomic mass is 9.64. The van der Waals surface area contributed by atoms with Gasteiger partial charge in [-0.3, -0.25) is 9.59 Å². The van der Waals surface area contributed by atoms with Crippen molar-refractivity contribution in [2.45, 2.75) is 47.5 Å². The number of carbonyl (C=O) groups excluding carboxylic acids is 2. The van der Waals surface area contributed by atoms with Gasteiger partial charge in [0.25, 0.3) is 0 Å². The van der Waals surface area contributed by atoms with Crippen molar-refractivity contribution in [1.29, 1.82) is 0 Å². The summed E-state index contributed by atoms with van der Waals surface area (Å²) in [7, 11) is 0. The third kappa shape index (κ3) is 4.03. The van der Waals surface area contributed by atoms with Crippen molar-refractivity contribution in [1.82, 2.24) is 0 Å². The van der Waals surface area contributed by atoms with Crippen molar-refractivity contribution < 1.29 is 9.59 Å². The lowest BCUT2D eigenvalue weighted by Crippen LogP contribution is -2.38. The Morgan fingerprint density at radius 1 is 1.17 bits per heavy atom. The topological polar surface area (TPSA) is 34.1 Å². The smallest absolute Gasteiger partial charge is 0.165 e. The van der Waals surface area contributed by atoms with Gasteiger partial charge in [-0.2, -0.15) is 0 Å². The quantitative estimate of drug-likeness (QED) is 0.522. The fourth-order valence-electron chi connectivity index (χ4n) is 4.01. The van der Waals surface area contributed by atoms with Crippen LogP contribution >= 0.6 is 0 Å². The average molecular weight is 326 g/mol. The molecule has 2 unspecified atom stereocenters. The van der Waals surface area contributed by atoms with Crippen molar-refractivity contribution in [3.63, 3.8) is 0 Å². The second-order valence-electron chi connectivity index (χ2n) is 8.12. The molecule has 1 aliphatic rings. The Kier molecular flexibility index (Phi) is 5.79. The second kappa shape index (κ2) is 7.46. The van der Waals surface area contributed by atoms with Gasteiger partial charge in [-0.25, -0.2) is 0 Å². The molecule has 0 heterocycles. The van der Waals surface area contributed by atoms with Crippen LogP contribution in [0, 0.1) is 29.1 Å². The molecule has 2 rings (SSSR count). The summed E-state index contributed by atoms with van der Waals surface area (Å²) in [4.78, 5) is 25.6. The molecule has 2 nitrogen and oxygen atoms in total. The van der Waals surface area contributed by atoms with Gasteiger partial charge in [-0.15, -0.1) is 0 Å². The summed E-state index contributed by atoms with van der Waals surface area (Å²) in [6, 6.07) is 9.38. The zero-order chi connectivity index (χ0) is 17.9. The van der Waals surface area contributed by atoms with E-state index in [0.717, 1.165) is 12.0 Å². The molecule has 0 saturated heterocycles. The molecule has 0 fully saturated rings. The van der Waals surface area contributed by atoms with Crippen molar-refractivity contribution in [2.24, 2.45) is 29.1 Å². The van der Waals surface area contributed by atoms with E-state index in [1.165, 1.54) is 0 Å². The summed E-state index contributed by atoms with van der Waals surface area (Å²) >= 11 is 0. The number of hydrogen-bond acceptors (Lipinski definition) is 2. The summed E-state index contributed by atoms with van der Waals surface area (Å²) in [5.41, 5.74) is 0.732. The van der Waals surface area contributed by atoms with Gasteiger partial charge in [0, 0.05) is 23.8 Å². The first kappa shape index (κ1) is 18.6. The molecule has 0 radical (unpaired) electrons. The third-order valence-corrected chi connectivity index (χ3v) is 5.65. The van der Waals surface area contributed by atoms with Crippen LogP contribution in [0.3, 0.4) is 0 Å². The Balaban J connectivity index is 2.05. The van der Waals surface area contributed by atoms with Gasteiger partial charge in [-0.05, 0) is 23.7 Å². The number of Topliss-reactive ketones (excluding diaryl/α,β-unsaturated/α-hetero) is 2. The Hall–Kier alpha value is -1.70. The van der Waals surface area contributed by atoms with Crippen LogP contribution in [-0.4, -0.2) is 11.6 Å². The molecule has 1 aliphatic carbocycles. The minimum atomic E-state index is -0.145. The second-order valence-corrected chi connectivity index (χ2v) is 8.12. The monoisotopic (exact) mass is 326 g/mol. The molecule has 1 aromatic carbocycles. The van der Waals surface area contributed by atoms with E-state index in [0.29, 0.717) is 12.2 Å². The van der Waals surface area contributed by atoms with Crippen LogP contribution in [0.15, 0.2) is 42.5 Å². The summed E-state index contributed by atoms with van der Waals surface area (Å²) in [6.45, 7) is 10.5. The molecule has 0 aliphatic heterocycles. The maximum atomic E-state index is 13.0. The predicted octanol–water partition coefficient (Wildman–Crippen LogP) is 5.34. The maximum absolute atomic E-state index is 13.0. The molecular weight excluding hydrogens is 296 g/mol. The molecule has 0 spiro atoms. The lowest BCUT2D eigenvalue weighted by Gasteiger charge is -2.39. The van der Waals surface area contributed by atoms with Crippen molar-refractivity contribution in [3.8, 4) is 0 Å². The van der Waals surface area contributed by atoms with Crippen LogP contribution in [0.4, 0.5) is 0 Å². The highest BCUT2D eigenvalue weighted by Crippen LogP contribution is 2.42. The van der Waals surface area contributed by atoms with Gasteiger partial charge in [-0.1, -0.05) is 77.1 Å². The van der Waals surface area contributed by atoms with Crippen LogP contribution in [0.2, 0.25) is 0 Å². The van der Waals surface area contributed by atoms with E-state index in [-0.39, 0.29) is 34.9 Å². The lowest BCUT2D eigenvalue weighted by molar-refractivity contribution is -0.129. The molecule has 1 aromatic rings. The van der Waals surface area contributed by atoms with Gasteiger partial charge >= 0.3 is 0 Å². The van der Waals surface area contributed by atoms with Crippen LogP contribution in [0.1, 0.15) is 57.8 Å². The van der Waals surface area contributed by atoms with Gasteiger partial charge in [0.05, 0.1) is 0 Å². The normalized spacial score (nSPS) is 25.0. The highest BCUT2D eigenvalue weighted by Gasteiger charge is 2.40. The molecule has 2 heteroatoms. The van der Waals surface area contributed by atoms with Crippen molar-refractivity contribution in [3.05, 3.63) is 48.0 Å². The molecular formula is C22H30O2. The molecule has 0 bridgehead atoms. The highest BCUT2D eigenvalue weighted by atomic mass is 16.1. The molecule has 0 N–H and O–H groups in total.